The van der Waals surface area contributed by atoms with Crippen LogP contribution >= 0.6 is 12.2 Å². The second kappa shape index (κ2) is 5.32. The summed E-state index contributed by atoms with van der Waals surface area (Å²) in [5.41, 5.74) is 2.40. The van der Waals surface area contributed by atoms with E-state index in [0.717, 1.165) is 11.4 Å². The summed E-state index contributed by atoms with van der Waals surface area (Å²) in [5, 5.41) is 11.5. The first-order valence-electron chi connectivity index (χ1n) is 6.97. The largest absolute Gasteiger partial charge is 0.250 e. The fourth-order valence-electron chi connectivity index (χ4n) is 2.11. The van der Waals surface area contributed by atoms with Crippen LogP contribution in [0.25, 0.3) is 0 Å². The smallest absolute Gasteiger partial charge is 0.216 e. The predicted molar refractivity (Wildman–Crippen MR) is 82.9 cm³/mol. The van der Waals surface area contributed by atoms with E-state index in [4.69, 9.17) is 12.2 Å². The molecule has 0 atom stereocenters. The maximum Gasteiger partial charge on any atom is 0.216 e. The highest BCUT2D eigenvalue weighted by molar-refractivity contribution is 7.71. The van der Waals surface area contributed by atoms with Crippen molar-refractivity contribution >= 4 is 18.4 Å². The Hall–Kier alpha value is -1.75. The van der Waals surface area contributed by atoms with E-state index in [-0.39, 0.29) is 0 Å². The molecule has 5 heteroatoms. The van der Waals surface area contributed by atoms with Crippen LogP contribution in [-0.2, 0) is 0 Å². The first-order chi connectivity index (χ1) is 9.65. The van der Waals surface area contributed by atoms with Gasteiger partial charge in [0.15, 0.2) is 5.82 Å². The zero-order chi connectivity index (χ0) is 14.1. The second-order valence-electron chi connectivity index (χ2n) is 5.54. The normalized spacial score (nSPS) is 15.3. The molecule has 1 N–H and O–H groups in total. The minimum absolute atomic E-state index is 0.517. The molecule has 3 rings (SSSR count). The molecule has 0 saturated heterocycles. The molecular formula is C15H18N4S. The zero-order valence-corrected chi connectivity index (χ0v) is 12.5. The summed E-state index contributed by atoms with van der Waals surface area (Å²) < 4.78 is 2.30. The Balaban J connectivity index is 1.83. The quantitative estimate of drug-likeness (QED) is 0.686. The Morgan fingerprint density at radius 2 is 2.05 bits per heavy atom. The van der Waals surface area contributed by atoms with E-state index in [1.165, 1.54) is 18.4 Å². The summed E-state index contributed by atoms with van der Waals surface area (Å²) in [5.74, 6) is 2.01. The van der Waals surface area contributed by atoms with Crippen LogP contribution in [0, 0.1) is 4.77 Å². The van der Waals surface area contributed by atoms with Gasteiger partial charge < -0.3 is 0 Å². The van der Waals surface area contributed by atoms with Crippen LogP contribution in [0.3, 0.4) is 0 Å². The van der Waals surface area contributed by atoms with Crippen LogP contribution in [0.4, 0.5) is 0 Å². The fraction of sp³-hybridized carbons (Fsp3) is 0.400. The highest BCUT2D eigenvalue weighted by Crippen LogP contribution is 2.38. The summed E-state index contributed by atoms with van der Waals surface area (Å²) in [6.45, 7) is 4.38. The number of nitrogens with one attached hydrogen (secondary N) is 1. The third-order valence-corrected chi connectivity index (χ3v) is 3.81. The van der Waals surface area contributed by atoms with Crippen LogP contribution in [0.5, 0.6) is 0 Å². The summed E-state index contributed by atoms with van der Waals surface area (Å²) in [6, 6.07) is 8.45. The molecule has 1 saturated carbocycles. The van der Waals surface area contributed by atoms with E-state index >= 15 is 0 Å². The first-order valence-corrected chi connectivity index (χ1v) is 7.37. The van der Waals surface area contributed by atoms with E-state index in [1.54, 1.807) is 4.68 Å². The van der Waals surface area contributed by atoms with Crippen molar-refractivity contribution in [1.82, 2.24) is 14.9 Å². The average molecular weight is 286 g/mol. The van der Waals surface area contributed by atoms with Crippen LogP contribution in [0.1, 0.15) is 55.5 Å². The minimum Gasteiger partial charge on any atom is -0.250 e. The molecule has 0 amide bonds. The van der Waals surface area contributed by atoms with Crippen molar-refractivity contribution in [3.63, 3.8) is 0 Å². The monoisotopic (exact) mass is 286 g/mol. The molecule has 1 aromatic carbocycles. The van der Waals surface area contributed by atoms with Gasteiger partial charge in [-0.3, -0.25) is 5.10 Å². The lowest BCUT2D eigenvalue weighted by Crippen LogP contribution is -1.97. The summed E-state index contributed by atoms with van der Waals surface area (Å²) >= 11 is 5.22. The van der Waals surface area contributed by atoms with E-state index < -0.39 is 0 Å². The highest BCUT2D eigenvalue weighted by Gasteiger charge is 2.29. The van der Waals surface area contributed by atoms with Gasteiger partial charge in [-0.2, -0.15) is 14.9 Å². The van der Waals surface area contributed by atoms with E-state index in [1.807, 2.05) is 6.21 Å². The van der Waals surface area contributed by atoms with Crippen molar-refractivity contribution in [3.05, 3.63) is 46.0 Å². The van der Waals surface area contributed by atoms with Crippen molar-refractivity contribution in [3.8, 4) is 0 Å². The molecule has 1 fully saturated rings. The number of hydrogen-bond acceptors (Lipinski definition) is 3. The molecule has 0 bridgehead atoms. The molecule has 1 heterocycles. The van der Waals surface area contributed by atoms with Gasteiger partial charge in [-0.25, -0.2) is 0 Å². The number of H-pyrrole nitrogens is 1. The standard InChI is InChI=1S/C15H18N4S/c1-10(2)12-5-3-11(4-6-12)9-16-19-14(13-7-8-13)17-18-15(19)20/h3-6,9-10,13H,7-8H2,1-2H3,(H,18,20)/b16-9-. The highest BCUT2D eigenvalue weighted by atomic mass is 32.1. The molecule has 0 spiro atoms. The SMILES string of the molecule is CC(C)c1ccc(/C=N\n2c(C3CC3)n[nH]c2=S)cc1. The average Bonchev–Trinajstić information content (AvgIpc) is 3.21. The van der Waals surface area contributed by atoms with E-state index in [2.05, 4.69) is 53.4 Å². The molecule has 0 unspecified atom stereocenters. The number of hydrogen-bond donors (Lipinski definition) is 1. The molecule has 1 aliphatic carbocycles. The molecule has 20 heavy (non-hydrogen) atoms. The molecule has 2 aromatic rings. The number of nitrogens with zero attached hydrogens (tertiary/aromatic N) is 3. The number of benzene rings is 1. The van der Waals surface area contributed by atoms with Crippen molar-refractivity contribution in [2.45, 2.75) is 38.5 Å². The van der Waals surface area contributed by atoms with Crippen LogP contribution in [-0.4, -0.2) is 21.1 Å². The van der Waals surface area contributed by atoms with Gasteiger partial charge in [-0.1, -0.05) is 38.1 Å². The Morgan fingerprint density at radius 1 is 1.35 bits per heavy atom. The van der Waals surface area contributed by atoms with Gasteiger partial charge in [0, 0.05) is 5.92 Å². The molecular weight excluding hydrogens is 268 g/mol. The van der Waals surface area contributed by atoms with Crippen molar-refractivity contribution in [2.75, 3.05) is 0 Å². The van der Waals surface area contributed by atoms with Gasteiger partial charge in [0.05, 0.1) is 6.21 Å². The molecule has 104 valence electrons. The Bertz CT molecular complexity index is 675. The van der Waals surface area contributed by atoms with Crippen LogP contribution in [0.15, 0.2) is 29.4 Å². The second-order valence-corrected chi connectivity index (χ2v) is 5.93. The minimum atomic E-state index is 0.517. The summed E-state index contributed by atoms with van der Waals surface area (Å²) in [6.07, 6.45) is 4.19. The molecule has 0 aliphatic heterocycles. The Morgan fingerprint density at radius 3 is 2.65 bits per heavy atom. The van der Waals surface area contributed by atoms with E-state index in [0.29, 0.717) is 16.6 Å². The first kappa shape index (κ1) is 13.2. The lowest BCUT2D eigenvalue weighted by atomic mass is 10.0. The van der Waals surface area contributed by atoms with Gasteiger partial charge in [-0.05, 0) is 42.1 Å². The third-order valence-electron chi connectivity index (χ3n) is 3.54. The Kier molecular flexibility index (Phi) is 3.53. The molecule has 4 nitrogen and oxygen atoms in total. The van der Waals surface area contributed by atoms with Crippen molar-refractivity contribution in [2.24, 2.45) is 5.10 Å². The zero-order valence-electron chi connectivity index (χ0n) is 11.7. The lowest BCUT2D eigenvalue weighted by molar-refractivity contribution is 0.773. The van der Waals surface area contributed by atoms with Gasteiger partial charge in [0.1, 0.15) is 0 Å². The van der Waals surface area contributed by atoms with Crippen molar-refractivity contribution < 1.29 is 0 Å². The maximum atomic E-state index is 5.22. The predicted octanol–water partition coefficient (Wildman–Crippen LogP) is 3.82. The number of aromatic nitrogens is 3. The number of rotatable bonds is 4. The lowest BCUT2D eigenvalue weighted by Gasteiger charge is -2.04. The van der Waals surface area contributed by atoms with Gasteiger partial charge >= 0.3 is 0 Å². The molecule has 1 aliphatic rings. The van der Waals surface area contributed by atoms with Crippen LogP contribution in [0.2, 0.25) is 0 Å². The topological polar surface area (TPSA) is 46.0 Å². The maximum absolute atomic E-state index is 5.22. The fourth-order valence-corrected chi connectivity index (χ4v) is 2.30. The van der Waals surface area contributed by atoms with Crippen LogP contribution < -0.4 is 0 Å². The van der Waals surface area contributed by atoms with E-state index in [9.17, 15) is 0 Å². The van der Waals surface area contributed by atoms with Gasteiger partial charge in [-0.15, -0.1) is 0 Å². The summed E-state index contributed by atoms with van der Waals surface area (Å²) in [4.78, 5) is 0. The van der Waals surface area contributed by atoms with Gasteiger partial charge in [0.25, 0.3) is 0 Å². The summed E-state index contributed by atoms with van der Waals surface area (Å²) in [7, 11) is 0. The Labute approximate surface area is 123 Å². The number of aromatic amines is 1. The third kappa shape index (κ3) is 2.72. The van der Waals surface area contributed by atoms with Gasteiger partial charge in [0.2, 0.25) is 4.77 Å². The molecule has 0 radical (unpaired) electrons. The van der Waals surface area contributed by atoms with Crippen molar-refractivity contribution in [1.29, 1.82) is 0 Å². The molecule has 1 aromatic heterocycles.